The maximum atomic E-state index is 13.7. The van der Waals surface area contributed by atoms with Gasteiger partial charge in [0.05, 0.1) is 12.2 Å². The van der Waals surface area contributed by atoms with E-state index in [4.69, 9.17) is 27.9 Å². The van der Waals surface area contributed by atoms with Gasteiger partial charge in [0.15, 0.2) is 6.23 Å². The third-order valence-corrected chi connectivity index (χ3v) is 5.49. The predicted octanol–water partition coefficient (Wildman–Crippen LogP) is 5.26. The molecule has 0 unspecified atom stereocenters. The van der Waals surface area contributed by atoms with Crippen LogP contribution in [0.1, 0.15) is 38.0 Å². The van der Waals surface area contributed by atoms with Crippen molar-refractivity contribution in [3.8, 4) is 0 Å². The number of hydrogen-bond donors (Lipinski definition) is 1. The monoisotopic (exact) mass is 500 g/mol. The molecular formula is C23H27Cl3N2O4. The molecule has 0 saturated carbocycles. The standard InChI is InChI=1S/C23H26Cl2N2O4.ClH/c1-23(2,3)13-27-18-10-9-14(24)11-16(18)20(15-7-5-6-8-17(15)25)31-22(21(27)30)26(4)12-19(28)29;/h5-11,20,22H,12-13H2,1-4H3,(H,28,29);1H/t20-,22+;/m0./s1. The number of amides is 1. The number of fused-ring (bicyclic) bond motifs is 1. The van der Waals surface area contributed by atoms with E-state index < -0.39 is 18.3 Å². The quantitative estimate of drug-likeness (QED) is 0.605. The van der Waals surface area contributed by atoms with Crippen LogP contribution in [0.15, 0.2) is 42.5 Å². The van der Waals surface area contributed by atoms with Gasteiger partial charge in [0.2, 0.25) is 0 Å². The van der Waals surface area contributed by atoms with Crippen LogP contribution >= 0.6 is 35.6 Å². The molecule has 0 bridgehead atoms. The van der Waals surface area contributed by atoms with E-state index in [2.05, 4.69) is 0 Å². The van der Waals surface area contributed by atoms with E-state index in [9.17, 15) is 14.7 Å². The Balaban J connectivity index is 0.00000363. The first kappa shape index (κ1) is 26.4. The van der Waals surface area contributed by atoms with Crippen molar-refractivity contribution in [1.82, 2.24) is 4.90 Å². The Morgan fingerprint density at radius 1 is 1.16 bits per heavy atom. The van der Waals surface area contributed by atoms with Crippen LogP contribution in [0.2, 0.25) is 10.0 Å². The van der Waals surface area contributed by atoms with Gasteiger partial charge in [0.1, 0.15) is 6.10 Å². The van der Waals surface area contributed by atoms with Crippen molar-refractivity contribution in [2.24, 2.45) is 5.41 Å². The molecule has 0 spiro atoms. The molecule has 2 aromatic rings. The molecular weight excluding hydrogens is 475 g/mol. The number of hydrogen-bond acceptors (Lipinski definition) is 4. The molecule has 0 radical (unpaired) electrons. The number of carbonyl (C=O) groups excluding carboxylic acids is 1. The number of aliphatic carboxylic acids is 1. The highest BCUT2D eigenvalue weighted by molar-refractivity contribution is 6.31. The third-order valence-electron chi connectivity index (χ3n) is 4.91. The maximum absolute atomic E-state index is 13.7. The molecule has 1 N–H and O–H groups in total. The minimum Gasteiger partial charge on any atom is -0.480 e. The van der Waals surface area contributed by atoms with E-state index in [0.29, 0.717) is 33.4 Å². The zero-order chi connectivity index (χ0) is 22.9. The molecule has 1 aliphatic heterocycles. The second-order valence-electron chi connectivity index (χ2n) is 8.89. The van der Waals surface area contributed by atoms with Crippen LogP contribution in [-0.4, -0.2) is 48.2 Å². The highest BCUT2D eigenvalue weighted by atomic mass is 35.5. The summed E-state index contributed by atoms with van der Waals surface area (Å²) < 4.78 is 6.31. The minimum absolute atomic E-state index is 0. The Morgan fingerprint density at radius 2 is 1.81 bits per heavy atom. The first-order chi connectivity index (χ1) is 14.5. The summed E-state index contributed by atoms with van der Waals surface area (Å²) in [4.78, 5) is 28.1. The van der Waals surface area contributed by atoms with E-state index in [-0.39, 0.29) is 30.3 Å². The van der Waals surface area contributed by atoms with Crippen LogP contribution in [0.25, 0.3) is 0 Å². The average molecular weight is 502 g/mol. The van der Waals surface area contributed by atoms with Crippen LogP contribution in [0, 0.1) is 5.41 Å². The topological polar surface area (TPSA) is 70.1 Å². The van der Waals surface area contributed by atoms with Crippen molar-refractivity contribution >= 4 is 53.2 Å². The van der Waals surface area contributed by atoms with E-state index in [1.165, 1.54) is 4.90 Å². The summed E-state index contributed by atoms with van der Waals surface area (Å²) in [5.74, 6) is -1.39. The van der Waals surface area contributed by atoms with Gasteiger partial charge in [0.25, 0.3) is 5.91 Å². The molecule has 1 heterocycles. The Hall–Kier alpha value is -1.83. The summed E-state index contributed by atoms with van der Waals surface area (Å²) in [5.41, 5.74) is 1.82. The van der Waals surface area contributed by atoms with Gasteiger partial charge in [-0.1, -0.05) is 62.2 Å². The van der Waals surface area contributed by atoms with E-state index in [1.54, 1.807) is 36.2 Å². The molecule has 1 aliphatic rings. The lowest BCUT2D eigenvalue weighted by molar-refractivity contribution is -0.153. The van der Waals surface area contributed by atoms with Crippen molar-refractivity contribution in [2.45, 2.75) is 33.1 Å². The summed E-state index contributed by atoms with van der Waals surface area (Å²) in [6.45, 7) is 6.15. The SMILES string of the molecule is CN(CC(=O)O)[C@@H]1O[C@@H](c2ccccc2Cl)c2cc(Cl)ccc2N(CC(C)(C)C)C1=O.Cl. The van der Waals surface area contributed by atoms with Crippen LogP contribution in [0.5, 0.6) is 0 Å². The molecule has 0 aliphatic carbocycles. The van der Waals surface area contributed by atoms with Gasteiger partial charge >= 0.3 is 5.97 Å². The number of ether oxygens (including phenoxy) is 1. The number of likely N-dealkylation sites (N-methyl/N-ethyl adjacent to an activating group) is 1. The Morgan fingerprint density at radius 3 is 2.41 bits per heavy atom. The van der Waals surface area contributed by atoms with Gasteiger partial charge in [-0.3, -0.25) is 14.5 Å². The number of carboxylic acids is 1. The van der Waals surface area contributed by atoms with Crippen LogP contribution in [-0.2, 0) is 14.3 Å². The molecule has 9 heteroatoms. The Labute approximate surface area is 204 Å². The van der Waals surface area contributed by atoms with Gasteiger partial charge < -0.3 is 14.7 Å². The molecule has 6 nitrogen and oxygen atoms in total. The molecule has 0 fully saturated rings. The Bertz CT molecular complexity index is 993. The van der Waals surface area contributed by atoms with E-state index in [1.807, 2.05) is 39.0 Å². The van der Waals surface area contributed by atoms with Gasteiger partial charge in [0, 0.05) is 27.7 Å². The summed E-state index contributed by atoms with van der Waals surface area (Å²) in [6, 6.07) is 12.5. The first-order valence-corrected chi connectivity index (χ1v) is 10.7. The molecule has 3 rings (SSSR count). The normalized spacial score (nSPS) is 18.7. The zero-order valence-corrected chi connectivity index (χ0v) is 20.7. The van der Waals surface area contributed by atoms with Gasteiger partial charge in [-0.05, 0) is 36.7 Å². The van der Waals surface area contributed by atoms with E-state index >= 15 is 0 Å². The van der Waals surface area contributed by atoms with Crippen LogP contribution < -0.4 is 4.90 Å². The molecule has 174 valence electrons. The van der Waals surface area contributed by atoms with Gasteiger partial charge in [-0.2, -0.15) is 0 Å². The van der Waals surface area contributed by atoms with Crippen molar-refractivity contribution < 1.29 is 19.4 Å². The third kappa shape index (κ3) is 5.94. The molecule has 1 amide bonds. The fraction of sp³-hybridized carbons (Fsp3) is 0.391. The molecule has 2 atom stereocenters. The highest BCUT2D eigenvalue weighted by Crippen LogP contribution is 2.42. The van der Waals surface area contributed by atoms with Crippen molar-refractivity contribution in [3.05, 3.63) is 63.6 Å². The molecule has 32 heavy (non-hydrogen) atoms. The Kier molecular flexibility index (Phi) is 8.59. The maximum Gasteiger partial charge on any atom is 0.317 e. The summed E-state index contributed by atoms with van der Waals surface area (Å²) in [7, 11) is 1.55. The predicted molar refractivity (Wildman–Crippen MR) is 129 cm³/mol. The van der Waals surface area contributed by atoms with Gasteiger partial charge in [-0.25, -0.2) is 0 Å². The lowest BCUT2D eigenvalue weighted by Gasteiger charge is -2.33. The first-order valence-electron chi connectivity index (χ1n) is 9.90. The number of anilines is 1. The molecule has 0 saturated heterocycles. The number of halogens is 3. The number of benzene rings is 2. The zero-order valence-electron chi connectivity index (χ0n) is 18.3. The summed E-state index contributed by atoms with van der Waals surface area (Å²) in [5, 5.41) is 10.3. The number of carboxylic acid groups (broad SMARTS) is 1. The summed E-state index contributed by atoms with van der Waals surface area (Å²) >= 11 is 12.8. The lowest BCUT2D eigenvalue weighted by Crippen LogP contribution is -2.51. The van der Waals surface area contributed by atoms with E-state index in [0.717, 1.165) is 0 Å². The second-order valence-corrected chi connectivity index (χ2v) is 9.73. The van der Waals surface area contributed by atoms with Crippen molar-refractivity contribution in [2.75, 3.05) is 25.0 Å². The van der Waals surface area contributed by atoms with Crippen molar-refractivity contribution in [3.63, 3.8) is 0 Å². The number of carbonyl (C=O) groups is 2. The van der Waals surface area contributed by atoms with Crippen LogP contribution in [0.4, 0.5) is 5.69 Å². The smallest absolute Gasteiger partial charge is 0.317 e. The van der Waals surface area contributed by atoms with Gasteiger partial charge in [-0.15, -0.1) is 12.4 Å². The fourth-order valence-corrected chi connectivity index (χ4v) is 4.06. The summed E-state index contributed by atoms with van der Waals surface area (Å²) in [6.07, 6.45) is -1.83. The lowest BCUT2D eigenvalue weighted by atomic mass is 9.94. The minimum atomic E-state index is -1.12. The fourth-order valence-electron chi connectivity index (χ4n) is 3.65. The highest BCUT2D eigenvalue weighted by Gasteiger charge is 2.40. The second kappa shape index (κ2) is 10.4. The van der Waals surface area contributed by atoms with Crippen LogP contribution in [0.3, 0.4) is 0 Å². The largest absolute Gasteiger partial charge is 0.480 e. The molecule has 2 aromatic carbocycles. The number of rotatable bonds is 5. The molecule has 0 aromatic heterocycles. The number of nitrogens with zero attached hydrogens (tertiary/aromatic N) is 2. The average Bonchev–Trinajstić information content (AvgIpc) is 2.76. The van der Waals surface area contributed by atoms with Crippen molar-refractivity contribution in [1.29, 1.82) is 0 Å².